The highest BCUT2D eigenvalue weighted by atomic mass is 16.2. The summed E-state index contributed by atoms with van der Waals surface area (Å²) >= 11 is 0. The topological polar surface area (TPSA) is 75.6 Å². The number of nitrogens with one attached hydrogen (secondary N) is 2. The van der Waals surface area contributed by atoms with Gasteiger partial charge in [-0.05, 0) is 24.6 Å². The molecule has 0 atom stereocenters. The Balaban J connectivity index is 1.49. The maximum Gasteiger partial charge on any atom is 0.241 e. The first-order valence-electron chi connectivity index (χ1n) is 7.50. The lowest BCUT2D eigenvalue weighted by atomic mass is 10.2. The summed E-state index contributed by atoms with van der Waals surface area (Å²) in [6, 6.07) is 7.87. The minimum atomic E-state index is -0.0718. The highest BCUT2D eigenvalue weighted by Crippen LogP contribution is 2.10. The number of fused-ring (bicyclic) bond motifs is 1. The average molecular weight is 309 g/mol. The third kappa shape index (κ3) is 3.66. The molecule has 0 unspecified atom stereocenters. The summed E-state index contributed by atoms with van der Waals surface area (Å²) < 4.78 is 1.61. The number of nitrogens with zero attached hydrogens (tertiary/aromatic N) is 3. The second-order valence-corrected chi connectivity index (χ2v) is 5.51. The summed E-state index contributed by atoms with van der Waals surface area (Å²) in [4.78, 5) is 19.7. The molecule has 23 heavy (non-hydrogen) atoms. The van der Waals surface area contributed by atoms with Gasteiger partial charge in [0.1, 0.15) is 12.4 Å². The molecule has 0 spiro atoms. The molecule has 6 heteroatoms. The number of hydrogen-bond donors (Lipinski definition) is 2. The van der Waals surface area contributed by atoms with Crippen LogP contribution in [0.1, 0.15) is 18.3 Å². The predicted molar refractivity (Wildman–Crippen MR) is 89.7 cm³/mol. The first kappa shape index (κ1) is 15.0. The van der Waals surface area contributed by atoms with Crippen molar-refractivity contribution in [2.75, 3.05) is 6.54 Å². The van der Waals surface area contributed by atoms with Gasteiger partial charge < -0.3 is 10.3 Å². The van der Waals surface area contributed by atoms with Gasteiger partial charge in [0, 0.05) is 24.7 Å². The van der Waals surface area contributed by atoms with Crippen molar-refractivity contribution in [3.63, 3.8) is 0 Å². The number of amides is 1. The largest absolute Gasteiger partial charge is 0.354 e. The molecular weight excluding hydrogens is 290 g/mol. The number of aromatic amines is 1. The number of allylic oxidation sites excluding steroid dienone is 1. The van der Waals surface area contributed by atoms with Gasteiger partial charge in [0.15, 0.2) is 0 Å². The Morgan fingerprint density at radius 2 is 2.22 bits per heavy atom. The molecule has 0 fully saturated rings. The minimum Gasteiger partial charge on any atom is -0.354 e. The zero-order valence-electron chi connectivity index (χ0n) is 13.0. The molecule has 3 rings (SSSR count). The molecule has 0 aliphatic heterocycles. The van der Waals surface area contributed by atoms with E-state index in [-0.39, 0.29) is 12.5 Å². The van der Waals surface area contributed by atoms with Gasteiger partial charge in [-0.15, -0.1) is 0 Å². The van der Waals surface area contributed by atoms with Crippen LogP contribution in [0.25, 0.3) is 16.6 Å². The molecule has 0 aliphatic rings. The van der Waals surface area contributed by atoms with Crippen molar-refractivity contribution in [3.8, 4) is 0 Å². The maximum absolute atomic E-state index is 11.9. The molecule has 0 saturated carbocycles. The minimum absolute atomic E-state index is 0.0718. The van der Waals surface area contributed by atoms with E-state index < -0.39 is 0 Å². The molecule has 0 aliphatic carbocycles. The Kier molecular flexibility index (Phi) is 4.23. The van der Waals surface area contributed by atoms with Gasteiger partial charge in [0.25, 0.3) is 0 Å². The first-order valence-corrected chi connectivity index (χ1v) is 7.50. The fraction of sp³-hybridized carbons (Fsp3) is 0.235. The summed E-state index contributed by atoms with van der Waals surface area (Å²) in [5.74, 6) is 0.799. The Morgan fingerprint density at radius 3 is 2.96 bits per heavy atom. The third-order valence-electron chi connectivity index (χ3n) is 3.55. The van der Waals surface area contributed by atoms with Crippen molar-refractivity contribution in [1.29, 1.82) is 0 Å². The summed E-state index contributed by atoms with van der Waals surface area (Å²) in [6.07, 6.45) is 4.20. The van der Waals surface area contributed by atoms with Gasteiger partial charge in [0.05, 0.1) is 17.2 Å². The molecule has 1 amide bonds. The lowest BCUT2D eigenvalue weighted by molar-refractivity contribution is -0.121. The fourth-order valence-corrected chi connectivity index (χ4v) is 2.32. The van der Waals surface area contributed by atoms with Crippen LogP contribution in [0.2, 0.25) is 0 Å². The Labute approximate surface area is 134 Å². The number of rotatable bonds is 6. The van der Waals surface area contributed by atoms with Gasteiger partial charge in [-0.1, -0.05) is 18.7 Å². The Bertz CT molecular complexity index is 812. The lowest BCUT2D eigenvalue weighted by Crippen LogP contribution is -2.29. The number of carbonyl (C=O) groups is 1. The van der Waals surface area contributed by atoms with Crippen LogP contribution >= 0.6 is 0 Å². The summed E-state index contributed by atoms with van der Waals surface area (Å²) in [5.41, 5.74) is 3.83. The Hall–Kier alpha value is -2.89. The van der Waals surface area contributed by atoms with E-state index in [1.54, 1.807) is 10.9 Å². The molecule has 2 heterocycles. The van der Waals surface area contributed by atoms with Gasteiger partial charge in [-0.3, -0.25) is 9.48 Å². The van der Waals surface area contributed by atoms with E-state index in [1.165, 1.54) is 0 Å². The number of imidazole rings is 1. The van der Waals surface area contributed by atoms with E-state index in [0.29, 0.717) is 13.0 Å². The monoisotopic (exact) mass is 309 g/mol. The van der Waals surface area contributed by atoms with Crippen molar-refractivity contribution < 1.29 is 4.79 Å². The van der Waals surface area contributed by atoms with Crippen LogP contribution in [0, 0.1) is 0 Å². The van der Waals surface area contributed by atoms with Gasteiger partial charge in [0.2, 0.25) is 5.91 Å². The van der Waals surface area contributed by atoms with Crippen LogP contribution in [-0.4, -0.2) is 32.2 Å². The zero-order valence-corrected chi connectivity index (χ0v) is 13.0. The molecule has 6 nitrogen and oxygen atoms in total. The van der Waals surface area contributed by atoms with Crippen LogP contribution in [0.15, 0.2) is 43.2 Å². The SMILES string of the molecule is C=C(C)c1cnn(CC(=O)NCCc2nc3ccccc3[nH]2)c1. The summed E-state index contributed by atoms with van der Waals surface area (Å²) in [7, 11) is 0. The van der Waals surface area contributed by atoms with E-state index in [2.05, 4.69) is 27.0 Å². The summed E-state index contributed by atoms with van der Waals surface area (Å²) in [5, 5.41) is 7.03. The van der Waals surface area contributed by atoms with E-state index in [1.807, 2.05) is 37.4 Å². The van der Waals surface area contributed by atoms with Crippen molar-refractivity contribution in [2.24, 2.45) is 0 Å². The van der Waals surface area contributed by atoms with Crippen molar-refractivity contribution in [1.82, 2.24) is 25.1 Å². The molecular formula is C17H19N5O. The number of aromatic nitrogens is 4. The maximum atomic E-state index is 11.9. The van der Waals surface area contributed by atoms with Crippen LogP contribution in [0.3, 0.4) is 0 Å². The van der Waals surface area contributed by atoms with Crippen LogP contribution in [0.4, 0.5) is 0 Å². The van der Waals surface area contributed by atoms with Crippen LogP contribution in [-0.2, 0) is 17.8 Å². The van der Waals surface area contributed by atoms with Crippen molar-refractivity contribution in [2.45, 2.75) is 19.9 Å². The lowest BCUT2D eigenvalue weighted by Gasteiger charge is -2.04. The molecule has 2 N–H and O–H groups in total. The van der Waals surface area contributed by atoms with Crippen LogP contribution < -0.4 is 5.32 Å². The van der Waals surface area contributed by atoms with Gasteiger partial charge in [-0.25, -0.2) is 4.98 Å². The molecule has 0 saturated heterocycles. The van der Waals surface area contributed by atoms with E-state index >= 15 is 0 Å². The molecule has 1 aromatic carbocycles. The van der Waals surface area contributed by atoms with Crippen molar-refractivity contribution >= 4 is 22.5 Å². The number of carbonyl (C=O) groups excluding carboxylic acids is 1. The molecule has 0 bridgehead atoms. The molecule has 0 radical (unpaired) electrons. The third-order valence-corrected chi connectivity index (χ3v) is 3.55. The fourth-order valence-electron chi connectivity index (χ4n) is 2.32. The van der Waals surface area contributed by atoms with Crippen molar-refractivity contribution in [3.05, 3.63) is 54.6 Å². The second kappa shape index (κ2) is 6.48. The Morgan fingerprint density at radius 1 is 1.39 bits per heavy atom. The standard InChI is InChI=1S/C17H19N5O/c1-12(2)13-9-19-22(10-13)11-17(23)18-8-7-16-20-14-5-3-4-6-15(14)21-16/h3-6,9-10H,1,7-8,11H2,2H3,(H,18,23)(H,20,21). The number of H-pyrrole nitrogens is 1. The average Bonchev–Trinajstić information content (AvgIpc) is 3.13. The highest BCUT2D eigenvalue weighted by molar-refractivity contribution is 5.76. The van der Waals surface area contributed by atoms with E-state index in [4.69, 9.17) is 0 Å². The van der Waals surface area contributed by atoms with E-state index in [9.17, 15) is 4.79 Å². The number of hydrogen-bond acceptors (Lipinski definition) is 3. The van der Waals surface area contributed by atoms with Crippen LogP contribution in [0.5, 0.6) is 0 Å². The van der Waals surface area contributed by atoms with E-state index in [0.717, 1.165) is 28.0 Å². The molecule has 3 aromatic rings. The molecule has 2 aromatic heterocycles. The first-order chi connectivity index (χ1) is 11.1. The van der Waals surface area contributed by atoms with Gasteiger partial charge in [-0.2, -0.15) is 5.10 Å². The quantitative estimate of drug-likeness (QED) is 0.732. The van der Waals surface area contributed by atoms with Gasteiger partial charge >= 0.3 is 0 Å². The number of benzene rings is 1. The normalized spacial score (nSPS) is 10.8. The second-order valence-electron chi connectivity index (χ2n) is 5.51. The predicted octanol–water partition coefficient (Wildman–Crippen LogP) is 2.15. The number of para-hydroxylation sites is 2. The highest BCUT2D eigenvalue weighted by Gasteiger charge is 2.06. The summed E-state index contributed by atoms with van der Waals surface area (Å²) in [6.45, 7) is 6.50. The zero-order chi connectivity index (χ0) is 16.2. The molecule has 118 valence electrons. The smallest absolute Gasteiger partial charge is 0.241 e.